The van der Waals surface area contributed by atoms with Crippen LogP contribution in [0.1, 0.15) is 21.6 Å². The molecule has 0 radical (unpaired) electrons. The van der Waals surface area contributed by atoms with Crippen molar-refractivity contribution in [2.45, 2.75) is 13.8 Å². The van der Waals surface area contributed by atoms with E-state index in [1.807, 2.05) is 25.3 Å². The van der Waals surface area contributed by atoms with Crippen LogP contribution < -0.4 is 16.8 Å². The van der Waals surface area contributed by atoms with Crippen LogP contribution in [0.2, 0.25) is 0 Å². The number of thiazole rings is 2. The van der Waals surface area contributed by atoms with Crippen molar-refractivity contribution in [1.82, 2.24) is 9.97 Å². The SMILES string of the molecule is Br.Cc1ccc(C(N)=O)cc1Nc1nc(-c2sc(N)nc2C)cs1. The normalized spacial score (nSPS) is 10.2. The van der Waals surface area contributed by atoms with Gasteiger partial charge in [0.25, 0.3) is 0 Å². The average Bonchev–Trinajstić information content (AvgIpc) is 3.07. The highest BCUT2D eigenvalue weighted by Crippen LogP contribution is 2.34. The first kappa shape index (κ1) is 18.4. The number of aromatic nitrogens is 2. The number of carbonyl (C=O) groups is 1. The lowest BCUT2D eigenvalue weighted by Crippen LogP contribution is -2.11. The highest BCUT2D eigenvalue weighted by molar-refractivity contribution is 8.93. The van der Waals surface area contributed by atoms with Crippen molar-refractivity contribution in [3.63, 3.8) is 0 Å². The number of aryl methyl sites for hydroxylation is 2. The Kier molecular flexibility index (Phi) is 5.58. The molecule has 0 saturated heterocycles. The second-order valence-corrected chi connectivity index (χ2v) is 6.91. The van der Waals surface area contributed by atoms with Crippen molar-refractivity contribution in [3.05, 3.63) is 40.4 Å². The summed E-state index contributed by atoms with van der Waals surface area (Å²) in [6.45, 7) is 3.87. The van der Waals surface area contributed by atoms with E-state index in [1.165, 1.54) is 22.7 Å². The summed E-state index contributed by atoms with van der Waals surface area (Å²) in [6, 6.07) is 5.29. The highest BCUT2D eigenvalue weighted by Gasteiger charge is 2.13. The number of nitrogen functional groups attached to an aromatic ring is 1. The van der Waals surface area contributed by atoms with Gasteiger partial charge in [0.05, 0.1) is 16.3 Å². The first-order chi connectivity index (χ1) is 10.9. The van der Waals surface area contributed by atoms with E-state index in [0.717, 1.165) is 32.6 Å². The minimum absolute atomic E-state index is 0. The molecule has 0 aliphatic rings. The van der Waals surface area contributed by atoms with Crippen LogP contribution in [0.5, 0.6) is 0 Å². The van der Waals surface area contributed by atoms with Crippen LogP contribution in [-0.4, -0.2) is 15.9 Å². The zero-order valence-corrected chi connectivity index (χ0v) is 16.3. The van der Waals surface area contributed by atoms with Crippen LogP contribution in [0.4, 0.5) is 16.0 Å². The molecule has 2 heterocycles. The van der Waals surface area contributed by atoms with Gasteiger partial charge in [-0.3, -0.25) is 4.79 Å². The number of primary amides is 1. The molecule has 3 rings (SSSR count). The first-order valence-corrected chi connectivity index (χ1v) is 8.50. The van der Waals surface area contributed by atoms with Gasteiger partial charge in [-0.15, -0.1) is 28.3 Å². The van der Waals surface area contributed by atoms with Crippen LogP contribution in [-0.2, 0) is 0 Å². The Hall–Kier alpha value is -1.97. The lowest BCUT2D eigenvalue weighted by atomic mass is 10.1. The molecule has 126 valence electrons. The second kappa shape index (κ2) is 7.29. The van der Waals surface area contributed by atoms with Crippen LogP contribution >= 0.6 is 39.7 Å². The fraction of sp³-hybridized carbons (Fsp3) is 0.133. The van der Waals surface area contributed by atoms with Crippen molar-refractivity contribution >= 4 is 61.5 Å². The van der Waals surface area contributed by atoms with E-state index in [4.69, 9.17) is 11.5 Å². The molecule has 0 aliphatic heterocycles. The zero-order chi connectivity index (χ0) is 16.6. The molecule has 2 aromatic heterocycles. The van der Waals surface area contributed by atoms with E-state index in [0.29, 0.717) is 10.7 Å². The van der Waals surface area contributed by atoms with E-state index in [9.17, 15) is 4.79 Å². The van der Waals surface area contributed by atoms with Gasteiger partial charge < -0.3 is 16.8 Å². The third-order valence-electron chi connectivity index (χ3n) is 3.31. The minimum Gasteiger partial charge on any atom is -0.375 e. The Balaban J connectivity index is 0.00000208. The van der Waals surface area contributed by atoms with Gasteiger partial charge in [0.15, 0.2) is 10.3 Å². The number of amides is 1. The number of nitrogens with one attached hydrogen (secondary N) is 1. The molecule has 0 saturated carbocycles. The second-order valence-electron chi connectivity index (χ2n) is 5.02. The lowest BCUT2D eigenvalue weighted by molar-refractivity contribution is 0.100. The maximum absolute atomic E-state index is 11.3. The molecule has 0 fully saturated rings. The van der Waals surface area contributed by atoms with Gasteiger partial charge in [-0.1, -0.05) is 17.4 Å². The fourth-order valence-corrected chi connectivity index (χ4v) is 3.70. The van der Waals surface area contributed by atoms with Crippen LogP contribution in [0.3, 0.4) is 0 Å². The molecule has 0 atom stereocenters. The number of carbonyl (C=O) groups excluding carboxylic acids is 1. The van der Waals surface area contributed by atoms with Gasteiger partial charge in [0, 0.05) is 16.6 Å². The van der Waals surface area contributed by atoms with Gasteiger partial charge in [-0.05, 0) is 31.5 Å². The van der Waals surface area contributed by atoms with Crippen molar-refractivity contribution in [1.29, 1.82) is 0 Å². The fourth-order valence-electron chi connectivity index (χ4n) is 2.12. The summed E-state index contributed by atoms with van der Waals surface area (Å²) in [5.41, 5.74) is 15.0. The Bertz CT molecular complexity index is 890. The molecule has 5 N–H and O–H groups in total. The number of rotatable bonds is 4. The van der Waals surface area contributed by atoms with E-state index in [2.05, 4.69) is 15.3 Å². The van der Waals surface area contributed by atoms with Crippen molar-refractivity contribution in [2.24, 2.45) is 5.73 Å². The lowest BCUT2D eigenvalue weighted by Gasteiger charge is -2.08. The smallest absolute Gasteiger partial charge is 0.248 e. The molecule has 9 heteroatoms. The number of nitrogens with zero attached hydrogens (tertiary/aromatic N) is 2. The molecule has 6 nitrogen and oxygen atoms in total. The maximum atomic E-state index is 11.3. The molecule has 0 aliphatic carbocycles. The monoisotopic (exact) mass is 425 g/mol. The molecular formula is C15H16BrN5OS2. The molecule has 0 unspecified atom stereocenters. The number of halogens is 1. The predicted molar refractivity (Wildman–Crippen MR) is 106 cm³/mol. The molecular weight excluding hydrogens is 410 g/mol. The van der Waals surface area contributed by atoms with Crippen molar-refractivity contribution < 1.29 is 4.79 Å². The van der Waals surface area contributed by atoms with Crippen molar-refractivity contribution in [2.75, 3.05) is 11.1 Å². The van der Waals surface area contributed by atoms with Crippen LogP contribution in [0, 0.1) is 13.8 Å². The van der Waals surface area contributed by atoms with Gasteiger partial charge in [-0.25, -0.2) is 9.97 Å². The summed E-state index contributed by atoms with van der Waals surface area (Å²) in [4.78, 5) is 21.1. The Labute approximate surface area is 157 Å². The van der Waals surface area contributed by atoms with Crippen LogP contribution in [0.15, 0.2) is 23.6 Å². The third-order valence-corrected chi connectivity index (χ3v) is 5.08. The van der Waals surface area contributed by atoms with E-state index in [1.54, 1.807) is 12.1 Å². The first-order valence-electron chi connectivity index (χ1n) is 6.80. The average molecular weight is 426 g/mol. The summed E-state index contributed by atoms with van der Waals surface area (Å²) in [5.74, 6) is -0.455. The summed E-state index contributed by atoms with van der Waals surface area (Å²) >= 11 is 2.90. The predicted octanol–water partition coefficient (Wildman–Crippen LogP) is 3.89. The third kappa shape index (κ3) is 3.74. The summed E-state index contributed by atoms with van der Waals surface area (Å²) in [6.07, 6.45) is 0. The maximum Gasteiger partial charge on any atom is 0.248 e. The van der Waals surface area contributed by atoms with E-state index >= 15 is 0 Å². The largest absolute Gasteiger partial charge is 0.375 e. The molecule has 0 bridgehead atoms. The standard InChI is InChI=1S/C15H15N5OS2.BrH/c1-7-3-4-9(13(16)21)5-10(7)19-15-20-11(6-22-15)12-8(2)18-14(17)23-12;/h3-6H,1-2H3,(H2,16,21)(H2,17,18)(H,19,20);1H. The molecule has 3 aromatic rings. The van der Waals surface area contributed by atoms with Gasteiger partial charge in [0.1, 0.15) is 0 Å². The van der Waals surface area contributed by atoms with Gasteiger partial charge >= 0.3 is 0 Å². The van der Waals surface area contributed by atoms with Crippen LogP contribution in [0.25, 0.3) is 10.6 Å². The summed E-state index contributed by atoms with van der Waals surface area (Å²) in [7, 11) is 0. The molecule has 1 aromatic carbocycles. The molecule has 1 amide bonds. The topological polar surface area (TPSA) is 107 Å². The Morgan fingerprint density at radius 1 is 1.25 bits per heavy atom. The number of hydrogen-bond acceptors (Lipinski definition) is 7. The van der Waals surface area contributed by atoms with Gasteiger partial charge in [0.2, 0.25) is 5.91 Å². The highest BCUT2D eigenvalue weighted by atomic mass is 79.9. The molecule has 24 heavy (non-hydrogen) atoms. The van der Waals surface area contributed by atoms with E-state index < -0.39 is 5.91 Å². The number of nitrogens with two attached hydrogens (primary N) is 2. The minimum atomic E-state index is -0.455. The Morgan fingerprint density at radius 2 is 2.00 bits per heavy atom. The summed E-state index contributed by atoms with van der Waals surface area (Å²) < 4.78 is 0. The number of benzene rings is 1. The van der Waals surface area contributed by atoms with E-state index in [-0.39, 0.29) is 17.0 Å². The van der Waals surface area contributed by atoms with Crippen molar-refractivity contribution in [3.8, 4) is 10.6 Å². The van der Waals surface area contributed by atoms with Gasteiger partial charge in [-0.2, -0.15) is 0 Å². The number of anilines is 3. The Morgan fingerprint density at radius 3 is 2.62 bits per heavy atom. The quantitative estimate of drug-likeness (QED) is 0.587. The summed E-state index contributed by atoms with van der Waals surface area (Å²) in [5, 5.41) is 6.46. The molecule has 0 spiro atoms. The zero-order valence-electron chi connectivity index (χ0n) is 13.0. The number of hydrogen-bond donors (Lipinski definition) is 3.